The second-order valence-electron chi connectivity index (χ2n) is 23.3. The van der Waals surface area contributed by atoms with E-state index in [2.05, 4.69) is 98.7 Å². The fourth-order valence-corrected chi connectivity index (χ4v) is 9.29. The Morgan fingerprint density at radius 2 is 0.532 bits per heavy atom. The van der Waals surface area contributed by atoms with Gasteiger partial charge in [-0.15, -0.1) is 0 Å². The zero-order valence-electron chi connectivity index (χ0n) is 40.3. The molecule has 2 heterocycles. The summed E-state index contributed by atoms with van der Waals surface area (Å²) in [5, 5.41) is 6.74. The zero-order valence-corrected chi connectivity index (χ0v) is 40.3. The van der Waals surface area contributed by atoms with Crippen molar-refractivity contribution in [2.75, 3.05) is 177 Å². The van der Waals surface area contributed by atoms with Crippen LogP contribution in [-0.2, 0) is 0 Å². The van der Waals surface area contributed by atoms with E-state index < -0.39 is 0 Å². The second-order valence-corrected chi connectivity index (χ2v) is 23.3. The van der Waals surface area contributed by atoms with Crippen LogP contribution in [0.15, 0.2) is 48.5 Å². The van der Waals surface area contributed by atoms with E-state index in [1.54, 1.807) is 0 Å². The molecule has 0 unspecified atom stereocenters. The van der Waals surface area contributed by atoms with Crippen molar-refractivity contribution in [1.82, 2.24) is 9.80 Å². The highest BCUT2D eigenvalue weighted by Gasteiger charge is 2.39. The molecule has 7 rings (SSSR count). The fourth-order valence-electron chi connectivity index (χ4n) is 9.29. The fraction of sp³-hybridized carbons (Fsp3) is 0.520. The average Bonchev–Trinajstić information content (AvgIpc) is 3.17. The maximum absolute atomic E-state index is 14.5. The van der Waals surface area contributed by atoms with Crippen molar-refractivity contribution in [3.05, 3.63) is 70.8 Å². The number of imide groups is 2. The molecule has 0 saturated carbocycles. The molecule has 12 nitrogen and oxygen atoms in total. The predicted molar refractivity (Wildman–Crippen MR) is 252 cm³/mol. The normalized spacial score (nSPS) is 15.8. The molecule has 0 saturated heterocycles. The number of fused-ring (bicyclic) bond motifs is 2. The van der Waals surface area contributed by atoms with E-state index >= 15 is 0 Å². The lowest BCUT2D eigenvalue weighted by Crippen LogP contribution is -2.58. The zero-order chi connectivity index (χ0) is 45.5. The molecule has 0 atom stereocenters. The van der Waals surface area contributed by atoms with Crippen molar-refractivity contribution in [1.29, 1.82) is 0 Å². The summed E-state index contributed by atoms with van der Waals surface area (Å²) in [7, 11) is 31.0. The van der Waals surface area contributed by atoms with Crippen molar-refractivity contribution in [2.24, 2.45) is 0 Å². The van der Waals surface area contributed by atoms with Gasteiger partial charge in [-0.1, -0.05) is 24.3 Å². The summed E-state index contributed by atoms with van der Waals surface area (Å²) >= 11 is 0. The minimum Gasteiger partial charge on any atom is -0.326 e. The standard InChI is InChI=1S/C50H74N8O4/c1-53(2,3)27-31-57(13,32-28-54(4,5)6)25-23-51-47(59)39-19-15-35-37-17-21-41-46-42(22-18-38(44(37)46)36-16-20-40(48(51)60)45(39)43(35)36)50(62)52(49(41)61)24-26-58(14,33-29-55(7,8)9)34-30-56(10,11)12/h15-22H,23-34H2,1-14H3/q+6. The average molecular weight is 851 g/mol. The highest BCUT2D eigenvalue weighted by atomic mass is 16.2. The van der Waals surface area contributed by atoms with Gasteiger partial charge in [-0.2, -0.15) is 0 Å². The Labute approximate surface area is 369 Å². The first-order chi connectivity index (χ1) is 28.6. The Bertz CT molecular complexity index is 2270. The van der Waals surface area contributed by atoms with Crippen LogP contribution in [0.1, 0.15) is 41.4 Å². The van der Waals surface area contributed by atoms with E-state index in [0.717, 1.165) is 112 Å². The Hall–Kier alpha value is -4.56. The van der Waals surface area contributed by atoms with Crippen LogP contribution in [0.3, 0.4) is 0 Å². The van der Waals surface area contributed by atoms with Gasteiger partial charge in [0.05, 0.1) is 125 Å². The molecule has 0 spiro atoms. The lowest BCUT2D eigenvalue weighted by atomic mass is 9.82. The van der Waals surface area contributed by atoms with E-state index in [-0.39, 0.29) is 23.6 Å². The molecule has 0 aliphatic carbocycles. The molecule has 5 aromatic rings. The van der Waals surface area contributed by atoms with Gasteiger partial charge in [-0.3, -0.25) is 29.0 Å². The van der Waals surface area contributed by atoms with Gasteiger partial charge >= 0.3 is 0 Å². The molecule has 0 N–H and O–H groups in total. The summed E-state index contributed by atoms with van der Waals surface area (Å²) in [6.45, 7) is 9.70. The first-order valence-electron chi connectivity index (χ1n) is 22.4. The molecule has 12 heteroatoms. The van der Waals surface area contributed by atoms with E-state index in [1.165, 1.54) is 9.80 Å². The van der Waals surface area contributed by atoms with Crippen LogP contribution in [0.4, 0.5) is 0 Å². The molecule has 2 aliphatic heterocycles. The third-order valence-corrected chi connectivity index (χ3v) is 13.8. The van der Waals surface area contributed by atoms with Gasteiger partial charge in [-0.05, 0) is 56.6 Å². The molecule has 62 heavy (non-hydrogen) atoms. The van der Waals surface area contributed by atoms with Crippen molar-refractivity contribution >= 4 is 66.7 Å². The van der Waals surface area contributed by atoms with Gasteiger partial charge in [0.15, 0.2) is 0 Å². The van der Waals surface area contributed by atoms with Gasteiger partial charge < -0.3 is 26.9 Å². The van der Waals surface area contributed by atoms with Crippen LogP contribution in [0, 0.1) is 0 Å². The van der Waals surface area contributed by atoms with Crippen LogP contribution >= 0.6 is 0 Å². The number of amides is 4. The summed E-state index contributed by atoms with van der Waals surface area (Å²) in [5.74, 6) is -1.03. The number of likely N-dealkylation sites (N-methyl/N-ethyl adjacent to an activating group) is 6. The quantitative estimate of drug-likeness (QED) is 0.0558. The number of nitrogens with zero attached hydrogens (tertiary/aromatic N) is 8. The third kappa shape index (κ3) is 8.96. The van der Waals surface area contributed by atoms with Crippen molar-refractivity contribution in [3.63, 3.8) is 0 Å². The summed E-state index contributed by atoms with van der Waals surface area (Å²) in [6.07, 6.45) is 0. The topological polar surface area (TPSA) is 74.8 Å². The maximum atomic E-state index is 14.5. The van der Waals surface area contributed by atoms with Crippen LogP contribution in [0.2, 0.25) is 0 Å². The Balaban J connectivity index is 1.22. The summed E-state index contributed by atoms with van der Waals surface area (Å²) < 4.78 is 4.91. The highest BCUT2D eigenvalue weighted by Crippen LogP contribution is 2.46. The summed E-state index contributed by atoms with van der Waals surface area (Å²) in [5.41, 5.74) is 2.15. The van der Waals surface area contributed by atoms with Gasteiger partial charge in [-0.25, -0.2) is 0 Å². The number of carbonyl (C=O) groups is 4. The highest BCUT2D eigenvalue weighted by molar-refractivity contribution is 6.41. The van der Waals surface area contributed by atoms with E-state index in [4.69, 9.17) is 0 Å². The SMILES string of the molecule is C[N+](C)(C)CC[N+](C)(CCN1C(=O)c2ccc3c4ccc5c6c(ccc(c7ccc(c2c37)C1=O)c64)C(=O)N(CC[N+](C)(CC[N+](C)(C)C)CC[N+](C)(C)C)C5=O)CC[N+](C)(C)C. The molecule has 332 valence electrons. The lowest BCUT2D eigenvalue weighted by Gasteiger charge is -2.40. The molecular formula is C50H74N8O4+6. The van der Waals surface area contributed by atoms with Crippen LogP contribution in [0.25, 0.3) is 43.1 Å². The number of hydrogen-bond acceptors (Lipinski definition) is 4. The smallest absolute Gasteiger partial charge is 0.261 e. The molecule has 2 aliphatic rings. The molecule has 4 amide bonds. The molecule has 0 bridgehead atoms. The van der Waals surface area contributed by atoms with Gasteiger partial charge in [0.25, 0.3) is 23.6 Å². The monoisotopic (exact) mass is 851 g/mol. The minimum absolute atomic E-state index is 0.257. The lowest BCUT2D eigenvalue weighted by molar-refractivity contribution is -0.969. The maximum Gasteiger partial charge on any atom is 0.261 e. The largest absolute Gasteiger partial charge is 0.326 e. The Morgan fingerprint density at radius 3 is 0.742 bits per heavy atom. The Morgan fingerprint density at radius 1 is 0.306 bits per heavy atom. The predicted octanol–water partition coefficient (Wildman–Crippen LogP) is 4.65. The first-order valence-corrected chi connectivity index (χ1v) is 22.4. The van der Waals surface area contributed by atoms with Crippen LogP contribution in [-0.4, -0.2) is 238 Å². The van der Waals surface area contributed by atoms with Gasteiger partial charge in [0.2, 0.25) is 0 Å². The van der Waals surface area contributed by atoms with E-state index in [1.807, 2.05) is 48.5 Å². The molecular weight excluding hydrogens is 777 g/mol. The number of rotatable bonds is 18. The van der Waals surface area contributed by atoms with Crippen LogP contribution in [0.5, 0.6) is 0 Å². The van der Waals surface area contributed by atoms with Gasteiger partial charge in [0.1, 0.15) is 52.4 Å². The van der Waals surface area contributed by atoms with Crippen molar-refractivity contribution in [2.45, 2.75) is 0 Å². The van der Waals surface area contributed by atoms with Crippen LogP contribution < -0.4 is 0 Å². The van der Waals surface area contributed by atoms with Crippen molar-refractivity contribution in [3.8, 4) is 0 Å². The summed E-state index contributed by atoms with van der Waals surface area (Å²) in [6, 6.07) is 15.5. The third-order valence-electron chi connectivity index (χ3n) is 13.8. The molecule has 0 fully saturated rings. The number of carbonyl (C=O) groups excluding carboxylic acids is 4. The first kappa shape index (κ1) is 45.5. The van der Waals surface area contributed by atoms with Crippen molar-refractivity contribution < 1.29 is 46.1 Å². The number of hydrogen-bond donors (Lipinski definition) is 0. The summed E-state index contributed by atoms with van der Waals surface area (Å²) in [4.78, 5) is 60.7. The minimum atomic E-state index is -0.257. The molecule has 0 aromatic heterocycles. The Kier molecular flexibility index (Phi) is 11.4. The van der Waals surface area contributed by atoms with Gasteiger partial charge in [0, 0.05) is 33.0 Å². The second kappa shape index (κ2) is 15.6. The van der Waals surface area contributed by atoms with E-state index in [0.29, 0.717) is 59.2 Å². The number of quaternary nitrogens is 6. The molecule has 5 aromatic carbocycles. The number of benzene rings is 5. The molecule has 0 radical (unpaired) electrons. The van der Waals surface area contributed by atoms with E-state index in [9.17, 15) is 19.2 Å².